The van der Waals surface area contributed by atoms with Gasteiger partial charge in [-0.25, -0.2) is 24.0 Å². The van der Waals surface area contributed by atoms with E-state index in [1.807, 2.05) is 18.2 Å². The molecule has 1 N–H and O–H groups in total. The summed E-state index contributed by atoms with van der Waals surface area (Å²) in [5.74, 6) is -5.11. The second-order valence-electron chi connectivity index (χ2n) is 14.7. The van der Waals surface area contributed by atoms with Crippen LogP contribution < -0.4 is 15.7 Å². The molecule has 0 spiro atoms. The van der Waals surface area contributed by atoms with Crippen molar-refractivity contribution < 1.29 is 52.5 Å². The van der Waals surface area contributed by atoms with Gasteiger partial charge in [-0.15, -0.1) is 0 Å². The molecule has 0 bridgehead atoms. The molecule has 0 unspecified atom stereocenters. The van der Waals surface area contributed by atoms with Crippen molar-refractivity contribution in [2.75, 3.05) is 5.32 Å². The predicted molar refractivity (Wildman–Crippen MR) is 205 cm³/mol. The minimum absolute atomic E-state index is 0.0117. The van der Waals surface area contributed by atoms with Crippen LogP contribution in [0.1, 0.15) is 54.0 Å². The Labute approximate surface area is 312 Å². The molecule has 0 heterocycles. The van der Waals surface area contributed by atoms with Crippen LogP contribution in [-0.4, -0.2) is 76.3 Å². The predicted octanol–water partition coefficient (Wildman–Crippen LogP) is 5.11. The Bertz CT molecular complexity index is 1770. The number of esters is 5. The van der Waals surface area contributed by atoms with E-state index in [9.17, 15) is 28.8 Å². The monoisotopic (exact) mass is 763 g/mol. The van der Waals surface area contributed by atoms with Crippen molar-refractivity contribution in [2.24, 2.45) is 0 Å². The third-order valence-electron chi connectivity index (χ3n) is 8.02. The van der Waals surface area contributed by atoms with Crippen molar-refractivity contribution in [3.8, 4) is 0 Å². The van der Waals surface area contributed by atoms with Gasteiger partial charge in [0, 0.05) is 11.3 Å². The van der Waals surface area contributed by atoms with Gasteiger partial charge in [0.2, 0.25) is 0 Å². The molecule has 1 amide bonds. The first kappa shape index (κ1) is 42.3. The third-order valence-corrected chi connectivity index (χ3v) is 12.1. The Morgan fingerprint density at radius 3 is 1.42 bits per heavy atom. The zero-order valence-electron chi connectivity index (χ0n) is 31.9. The SMILES string of the molecule is C[C@H](OC(=O)c1ccc(C(=O)Nc2cc([Si](C)(C)C)cc([Si](C)(C)C)c2)cc1)C(=O)O[C@@H](C)C(=O)O[C@@H](C)C(=O)O[C@@H](C)C(=O)OCc1ccccc1. The Morgan fingerprint density at radius 2 is 0.962 bits per heavy atom. The summed E-state index contributed by atoms with van der Waals surface area (Å²) in [6.07, 6.45) is -5.60. The van der Waals surface area contributed by atoms with Crippen LogP contribution in [0.2, 0.25) is 39.3 Å². The molecule has 0 radical (unpaired) electrons. The van der Waals surface area contributed by atoms with Crippen LogP contribution in [0.5, 0.6) is 0 Å². The van der Waals surface area contributed by atoms with E-state index >= 15 is 0 Å². The number of anilines is 1. The van der Waals surface area contributed by atoms with Crippen LogP contribution in [0.15, 0.2) is 72.8 Å². The number of benzene rings is 3. The van der Waals surface area contributed by atoms with Crippen LogP contribution in [0, 0.1) is 0 Å². The lowest BCUT2D eigenvalue weighted by Gasteiger charge is -2.24. The van der Waals surface area contributed by atoms with Gasteiger partial charge in [-0.2, -0.15) is 0 Å². The number of hydrogen-bond acceptors (Lipinski definition) is 11. The number of carbonyl (C=O) groups excluding carboxylic acids is 6. The minimum atomic E-state index is -1.66. The number of carbonyl (C=O) groups is 6. The number of nitrogens with one attached hydrogen (secondary N) is 1. The Morgan fingerprint density at radius 1 is 0.547 bits per heavy atom. The second kappa shape index (κ2) is 18.1. The normalized spacial score (nSPS) is 13.7. The van der Waals surface area contributed by atoms with E-state index in [1.54, 1.807) is 24.3 Å². The lowest BCUT2D eigenvalue weighted by atomic mass is 10.1. The van der Waals surface area contributed by atoms with E-state index in [0.29, 0.717) is 5.56 Å². The fourth-order valence-electron chi connectivity index (χ4n) is 4.60. The van der Waals surface area contributed by atoms with Crippen molar-refractivity contribution in [3.63, 3.8) is 0 Å². The summed E-state index contributed by atoms with van der Waals surface area (Å²) in [7, 11) is -3.31. The maximum absolute atomic E-state index is 13.1. The van der Waals surface area contributed by atoms with Crippen LogP contribution in [0.25, 0.3) is 0 Å². The quantitative estimate of drug-likeness (QED) is 0.124. The highest BCUT2D eigenvalue weighted by Gasteiger charge is 2.31. The van der Waals surface area contributed by atoms with E-state index < -0.39 is 70.4 Å². The van der Waals surface area contributed by atoms with Gasteiger partial charge in [-0.1, -0.05) is 86.1 Å². The van der Waals surface area contributed by atoms with Crippen LogP contribution in [0.3, 0.4) is 0 Å². The zero-order chi connectivity index (χ0) is 39.7. The lowest BCUT2D eigenvalue weighted by Crippen LogP contribution is -2.45. The highest BCUT2D eigenvalue weighted by molar-refractivity contribution is 6.91. The summed E-state index contributed by atoms with van der Waals surface area (Å²) in [6.45, 7) is 18.6. The molecule has 0 saturated heterocycles. The van der Waals surface area contributed by atoms with Gasteiger partial charge in [0.25, 0.3) is 5.91 Å². The van der Waals surface area contributed by atoms with Crippen LogP contribution >= 0.6 is 0 Å². The molecular weight excluding hydrogens is 715 g/mol. The molecule has 0 saturated carbocycles. The summed E-state index contributed by atoms with van der Waals surface area (Å²) < 4.78 is 25.5. The number of hydrogen-bond donors (Lipinski definition) is 1. The summed E-state index contributed by atoms with van der Waals surface area (Å²) >= 11 is 0. The van der Waals surface area contributed by atoms with Gasteiger partial charge in [-0.05, 0) is 69.7 Å². The summed E-state index contributed by atoms with van der Waals surface area (Å²) in [5, 5.41) is 5.50. The third kappa shape index (κ3) is 12.8. The molecule has 3 aromatic rings. The maximum Gasteiger partial charge on any atom is 0.348 e. The summed E-state index contributed by atoms with van der Waals surface area (Å²) in [4.78, 5) is 75.7. The van der Waals surface area contributed by atoms with Crippen molar-refractivity contribution in [1.29, 1.82) is 0 Å². The largest absolute Gasteiger partial charge is 0.458 e. The van der Waals surface area contributed by atoms with Crippen LogP contribution in [0.4, 0.5) is 5.69 Å². The number of amides is 1. The molecule has 4 atom stereocenters. The molecule has 0 aliphatic heterocycles. The number of rotatable bonds is 15. The standard InChI is InChI=1S/C39H49NO11Si2/c1-24(35(42)47-23-28-14-12-11-13-15-28)48-36(43)25(2)49-37(44)26(3)50-38(45)27(4)51-39(46)30-18-16-29(17-19-30)34(41)40-31-20-32(52(5,6)7)22-33(21-31)53(8,9)10/h11-22,24-27H,23H2,1-10H3,(H,40,41)/t24-,25-,26-,27-/m0/s1. The van der Waals surface area contributed by atoms with E-state index in [0.717, 1.165) is 11.3 Å². The molecular formula is C39H49NO11Si2. The van der Waals surface area contributed by atoms with Gasteiger partial charge in [0.05, 0.1) is 21.7 Å². The van der Waals surface area contributed by atoms with Gasteiger partial charge in [0.15, 0.2) is 24.4 Å². The molecule has 284 valence electrons. The topological polar surface area (TPSA) is 161 Å². The highest BCUT2D eigenvalue weighted by atomic mass is 28.3. The Kier molecular flexibility index (Phi) is 14.5. The molecule has 0 fully saturated rings. The van der Waals surface area contributed by atoms with Crippen molar-refractivity contribution >= 4 is 68.0 Å². The minimum Gasteiger partial charge on any atom is -0.458 e. The van der Waals surface area contributed by atoms with Gasteiger partial charge in [-0.3, -0.25) is 4.79 Å². The van der Waals surface area contributed by atoms with E-state index in [2.05, 4.69) is 50.7 Å². The van der Waals surface area contributed by atoms with E-state index in [-0.39, 0.29) is 18.1 Å². The number of ether oxygens (including phenoxy) is 5. The first-order valence-corrected chi connectivity index (χ1v) is 24.3. The van der Waals surface area contributed by atoms with Crippen molar-refractivity contribution in [1.82, 2.24) is 0 Å². The lowest BCUT2D eigenvalue weighted by molar-refractivity contribution is -0.183. The second-order valence-corrected chi connectivity index (χ2v) is 24.9. The van der Waals surface area contributed by atoms with Crippen molar-refractivity contribution in [2.45, 2.75) is 98.0 Å². The molecule has 53 heavy (non-hydrogen) atoms. The molecule has 12 nitrogen and oxygen atoms in total. The van der Waals surface area contributed by atoms with Crippen molar-refractivity contribution in [3.05, 3.63) is 89.5 Å². The fraction of sp³-hybridized carbons (Fsp3) is 0.385. The van der Waals surface area contributed by atoms with Gasteiger partial charge < -0.3 is 29.0 Å². The zero-order valence-corrected chi connectivity index (χ0v) is 33.9. The first-order valence-electron chi connectivity index (χ1n) is 17.3. The molecule has 3 rings (SSSR count). The molecule has 14 heteroatoms. The van der Waals surface area contributed by atoms with E-state index in [4.69, 9.17) is 23.7 Å². The molecule has 0 aromatic heterocycles. The van der Waals surface area contributed by atoms with E-state index in [1.165, 1.54) is 62.3 Å². The smallest absolute Gasteiger partial charge is 0.348 e. The average molecular weight is 764 g/mol. The maximum atomic E-state index is 13.1. The summed E-state index contributed by atoms with van der Waals surface area (Å²) in [6, 6.07) is 21.0. The first-order chi connectivity index (χ1) is 24.6. The van der Waals surface area contributed by atoms with Gasteiger partial charge in [0.1, 0.15) is 6.61 Å². The molecule has 3 aromatic carbocycles. The van der Waals surface area contributed by atoms with Gasteiger partial charge >= 0.3 is 29.8 Å². The Hall–Kier alpha value is -5.09. The van der Waals surface area contributed by atoms with Crippen LogP contribution in [-0.2, 0) is 49.5 Å². The molecule has 0 aliphatic rings. The fourth-order valence-corrected chi connectivity index (χ4v) is 7.10. The Balaban J connectivity index is 1.49. The average Bonchev–Trinajstić information content (AvgIpc) is 3.09. The summed E-state index contributed by atoms with van der Waals surface area (Å²) in [5.41, 5.74) is 1.88. The highest BCUT2D eigenvalue weighted by Crippen LogP contribution is 2.15. The molecule has 0 aliphatic carbocycles.